The van der Waals surface area contributed by atoms with E-state index in [0.29, 0.717) is 13.0 Å². The van der Waals surface area contributed by atoms with Crippen LogP contribution in [0.15, 0.2) is 4.99 Å². The summed E-state index contributed by atoms with van der Waals surface area (Å²) < 4.78 is 0. The molecule has 1 unspecified atom stereocenters. The highest BCUT2D eigenvalue weighted by molar-refractivity contribution is 5.81. The van der Waals surface area contributed by atoms with E-state index in [1.165, 1.54) is 0 Å². The molecular weight excluding hydrogens is 184 g/mol. The van der Waals surface area contributed by atoms with Crippen molar-refractivity contribution in [3.63, 3.8) is 0 Å². The topological polar surface area (TPSA) is 99.7 Å². The SMILES string of the molecule is CNC(CCCN=C(N)NO)C(C)=O. The molecule has 82 valence electrons. The van der Waals surface area contributed by atoms with Crippen molar-refractivity contribution in [3.8, 4) is 0 Å². The Morgan fingerprint density at radius 3 is 2.71 bits per heavy atom. The quantitative estimate of drug-likeness (QED) is 0.196. The Bertz CT molecular complexity index is 206. The fourth-order valence-corrected chi connectivity index (χ4v) is 1.08. The Hall–Kier alpha value is -1.14. The fraction of sp³-hybridized carbons (Fsp3) is 0.750. The van der Waals surface area contributed by atoms with Crippen LogP contribution in [0.25, 0.3) is 0 Å². The molecule has 0 heterocycles. The molecule has 5 N–H and O–H groups in total. The number of carbonyl (C=O) groups excluding carboxylic acids is 1. The van der Waals surface area contributed by atoms with Crippen LogP contribution in [-0.2, 0) is 4.79 Å². The number of nitrogens with zero attached hydrogens (tertiary/aromatic N) is 1. The van der Waals surface area contributed by atoms with E-state index >= 15 is 0 Å². The monoisotopic (exact) mass is 202 g/mol. The van der Waals surface area contributed by atoms with Crippen molar-refractivity contribution in [1.29, 1.82) is 0 Å². The molecule has 0 saturated carbocycles. The molecule has 0 aliphatic rings. The molecule has 0 saturated heterocycles. The maximum Gasteiger partial charge on any atom is 0.212 e. The lowest BCUT2D eigenvalue weighted by molar-refractivity contribution is -0.119. The Balaban J connectivity index is 3.67. The Morgan fingerprint density at radius 2 is 2.29 bits per heavy atom. The number of hydrogen-bond acceptors (Lipinski definition) is 4. The van der Waals surface area contributed by atoms with Gasteiger partial charge in [0.1, 0.15) is 5.78 Å². The highest BCUT2D eigenvalue weighted by Crippen LogP contribution is 1.98. The number of nitrogens with two attached hydrogens (primary N) is 1. The zero-order valence-electron chi connectivity index (χ0n) is 8.58. The summed E-state index contributed by atoms with van der Waals surface area (Å²) in [6, 6.07) is -0.117. The van der Waals surface area contributed by atoms with Crippen molar-refractivity contribution in [2.75, 3.05) is 13.6 Å². The third kappa shape index (κ3) is 5.50. The Morgan fingerprint density at radius 1 is 1.64 bits per heavy atom. The molecule has 6 heteroatoms. The van der Waals surface area contributed by atoms with Gasteiger partial charge in [-0.05, 0) is 26.8 Å². The highest BCUT2D eigenvalue weighted by Gasteiger charge is 2.09. The third-order valence-electron chi connectivity index (χ3n) is 1.89. The number of hydrogen-bond donors (Lipinski definition) is 4. The van der Waals surface area contributed by atoms with Crippen molar-refractivity contribution in [2.24, 2.45) is 10.7 Å². The van der Waals surface area contributed by atoms with Crippen LogP contribution in [-0.4, -0.2) is 36.6 Å². The van der Waals surface area contributed by atoms with Gasteiger partial charge in [-0.1, -0.05) is 0 Å². The molecule has 0 aromatic carbocycles. The highest BCUT2D eigenvalue weighted by atomic mass is 16.5. The number of Topliss-reactive ketones (excluding diaryl/α,β-unsaturated/α-hetero) is 1. The summed E-state index contributed by atoms with van der Waals surface area (Å²) in [6.45, 7) is 2.04. The molecule has 0 aromatic rings. The Labute approximate surface area is 83.5 Å². The van der Waals surface area contributed by atoms with Gasteiger partial charge in [0.25, 0.3) is 0 Å². The summed E-state index contributed by atoms with van der Waals surface area (Å²) in [6.07, 6.45) is 1.46. The van der Waals surface area contributed by atoms with Gasteiger partial charge in [-0.25, -0.2) is 5.48 Å². The van der Waals surface area contributed by atoms with Gasteiger partial charge in [-0.3, -0.25) is 15.0 Å². The first-order valence-corrected chi connectivity index (χ1v) is 4.49. The number of guanidine groups is 1. The lowest BCUT2D eigenvalue weighted by atomic mass is 10.1. The number of rotatable bonds is 6. The first-order chi connectivity index (χ1) is 6.61. The van der Waals surface area contributed by atoms with Crippen LogP contribution in [0.3, 0.4) is 0 Å². The van der Waals surface area contributed by atoms with Crippen molar-refractivity contribution < 1.29 is 10.0 Å². The maximum absolute atomic E-state index is 11.0. The van der Waals surface area contributed by atoms with E-state index in [0.717, 1.165) is 6.42 Å². The van der Waals surface area contributed by atoms with Gasteiger partial charge in [-0.15, -0.1) is 0 Å². The lowest BCUT2D eigenvalue weighted by Crippen LogP contribution is -2.32. The summed E-state index contributed by atoms with van der Waals surface area (Å²) in [7, 11) is 1.75. The normalized spacial score (nSPS) is 13.8. The van der Waals surface area contributed by atoms with Crippen LogP contribution in [0.1, 0.15) is 19.8 Å². The molecular formula is C8H18N4O2. The number of ketones is 1. The number of hydroxylamine groups is 1. The summed E-state index contributed by atoms with van der Waals surface area (Å²) in [4.78, 5) is 14.8. The second kappa shape index (κ2) is 7.28. The predicted octanol–water partition coefficient (Wildman–Crippen LogP) is -0.763. The van der Waals surface area contributed by atoms with Gasteiger partial charge in [0, 0.05) is 6.54 Å². The predicted molar refractivity (Wildman–Crippen MR) is 54.2 cm³/mol. The zero-order chi connectivity index (χ0) is 11.0. The van der Waals surface area contributed by atoms with Crippen molar-refractivity contribution >= 4 is 11.7 Å². The number of carbonyl (C=O) groups is 1. The standard InChI is InChI=1S/C8H18N4O2/c1-6(13)7(10-2)4-3-5-11-8(9)12-14/h7,10,14H,3-5H2,1-2H3,(H3,9,11,12). The van der Waals surface area contributed by atoms with Crippen molar-refractivity contribution in [2.45, 2.75) is 25.8 Å². The average Bonchev–Trinajstić information content (AvgIpc) is 2.16. The van der Waals surface area contributed by atoms with Crippen LogP contribution in [0, 0.1) is 0 Å². The number of likely N-dealkylation sites (N-methyl/N-ethyl adjacent to an activating group) is 1. The molecule has 6 nitrogen and oxygen atoms in total. The summed E-state index contributed by atoms with van der Waals surface area (Å²) >= 11 is 0. The van der Waals surface area contributed by atoms with E-state index in [4.69, 9.17) is 10.9 Å². The summed E-state index contributed by atoms with van der Waals surface area (Å²) in [5.41, 5.74) is 6.92. The molecule has 0 rings (SSSR count). The summed E-state index contributed by atoms with van der Waals surface area (Å²) in [5, 5.41) is 11.2. The Kier molecular flexibility index (Phi) is 6.69. The third-order valence-corrected chi connectivity index (χ3v) is 1.89. The minimum Gasteiger partial charge on any atom is -0.368 e. The number of nitrogens with one attached hydrogen (secondary N) is 2. The van der Waals surface area contributed by atoms with Crippen molar-refractivity contribution in [1.82, 2.24) is 10.8 Å². The van der Waals surface area contributed by atoms with Gasteiger partial charge in [0.15, 0.2) is 0 Å². The molecule has 0 radical (unpaired) electrons. The van der Waals surface area contributed by atoms with E-state index in [9.17, 15) is 4.79 Å². The van der Waals surface area contributed by atoms with Gasteiger partial charge >= 0.3 is 0 Å². The fourth-order valence-electron chi connectivity index (χ4n) is 1.08. The van der Waals surface area contributed by atoms with E-state index in [1.54, 1.807) is 19.5 Å². The smallest absolute Gasteiger partial charge is 0.212 e. The minimum absolute atomic E-state index is 0.00571. The van der Waals surface area contributed by atoms with Crippen LogP contribution in [0.5, 0.6) is 0 Å². The lowest BCUT2D eigenvalue weighted by Gasteiger charge is -2.10. The average molecular weight is 202 g/mol. The van der Waals surface area contributed by atoms with Crippen LogP contribution < -0.4 is 16.5 Å². The molecule has 0 fully saturated rings. The van der Waals surface area contributed by atoms with Gasteiger partial charge in [0.2, 0.25) is 5.96 Å². The van der Waals surface area contributed by atoms with E-state index in [1.807, 2.05) is 0 Å². The second-order valence-electron chi connectivity index (χ2n) is 2.97. The van der Waals surface area contributed by atoms with E-state index in [2.05, 4.69) is 10.3 Å². The largest absolute Gasteiger partial charge is 0.368 e. The van der Waals surface area contributed by atoms with Gasteiger partial charge in [0.05, 0.1) is 6.04 Å². The van der Waals surface area contributed by atoms with E-state index in [-0.39, 0.29) is 17.8 Å². The molecule has 0 aliphatic carbocycles. The molecule has 14 heavy (non-hydrogen) atoms. The first kappa shape index (κ1) is 12.9. The van der Waals surface area contributed by atoms with Gasteiger partial charge in [-0.2, -0.15) is 0 Å². The molecule has 1 atom stereocenters. The number of aliphatic imine (C=N–C) groups is 1. The van der Waals surface area contributed by atoms with Crippen LogP contribution in [0.2, 0.25) is 0 Å². The molecule has 0 amide bonds. The van der Waals surface area contributed by atoms with E-state index < -0.39 is 0 Å². The van der Waals surface area contributed by atoms with Crippen LogP contribution >= 0.6 is 0 Å². The molecule has 0 aromatic heterocycles. The summed E-state index contributed by atoms with van der Waals surface area (Å²) in [5.74, 6) is 0.110. The molecule has 0 aliphatic heterocycles. The molecule has 0 bridgehead atoms. The minimum atomic E-state index is -0.117. The van der Waals surface area contributed by atoms with Crippen molar-refractivity contribution in [3.05, 3.63) is 0 Å². The maximum atomic E-state index is 11.0. The van der Waals surface area contributed by atoms with Crippen LogP contribution in [0.4, 0.5) is 0 Å². The molecule has 0 spiro atoms. The first-order valence-electron chi connectivity index (χ1n) is 4.49. The van der Waals surface area contributed by atoms with Gasteiger partial charge < -0.3 is 11.1 Å². The second-order valence-corrected chi connectivity index (χ2v) is 2.97. The zero-order valence-corrected chi connectivity index (χ0v) is 8.58.